The van der Waals surface area contributed by atoms with Crippen LogP contribution in [0.15, 0.2) is 42.5 Å². The van der Waals surface area contributed by atoms with E-state index < -0.39 is 6.09 Å². The van der Waals surface area contributed by atoms with Crippen molar-refractivity contribution in [1.82, 2.24) is 0 Å². The molecule has 0 aliphatic carbocycles. The first-order chi connectivity index (χ1) is 11.7. The van der Waals surface area contributed by atoms with Crippen molar-refractivity contribution in [1.29, 1.82) is 0 Å². The normalized spacial score (nSPS) is 12.9. The summed E-state index contributed by atoms with van der Waals surface area (Å²) < 4.78 is 5.44. The molecule has 0 saturated heterocycles. The van der Waals surface area contributed by atoms with Gasteiger partial charge >= 0.3 is 6.09 Å². The van der Waals surface area contributed by atoms with Gasteiger partial charge in [0.25, 0.3) is 0 Å². The van der Waals surface area contributed by atoms with Gasteiger partial charge in [0.2, 0.25) is 0 Å². The van der Waals surface area contributed by atoms with Gasteiger partial charge < -0.3 is 9.64 Å². The van der Waals surface area contributed by atoms with Crippen LogP contribution in [0.25, 0.3) is 0 Å². The molecule has 24 heavy (non-hydrogen) atoms. The number of hydrogen-bond donors (Lipinski definition) is 1. The van der Waals surface area contributed by atoms with E-state index in [1.165, 1.54) is 5.56 Å². The van der Waals surface area contributed by atoms with Crippen LogP contribution in [0.2, 0.25) is 0 Å². The highest BCUT2D eigenvalue weighted by atomic mass is 16.6. The molecule has 1 aliphatic heterocycles. The molecule has 0 atom stereocenters. The van der Waals surface area contributed by atoms with Crippen LogP contribution in [0.1, 0.15) is 17.5 Å². The van der Waals surface area contributed by atoms with Gasteiger partial charge in [-0.2, -0.15) is 0 Å². The molecular weight excluding hydrogens is 300 g/mol. The van der Waals surface area contributed by atoms with E-state index in [0.29, 0.717) is 12.3 Å². The second kappa shape index (κ2) is 7.10. The number of fused-ring (bicyclic) bond motifs is 1. The number of amides is 1. The molecule has 0 saturated carbocycles. The number of hydrogen-bond acceptors (Lipinski definition) is 3. The van der Waals surface area contributed by atoms with E-state index in [0.717, 1.165) is 36.3 Å². The number of anilines is 2. The largest absolute Gasteiger partial charge is 0.417 e. The summed E-state index contributed by atoms with van der Waals surface area (Å²) in [5, 5.41) is 2.77. The maximum absolute atomic E-state index is 12.1. The Balaban J connectivity index is 1.74. The van der Waals surface area contributed by atoms with Gasteiger partial charge in [0.05, 0.1) is 6.54 Å². The summed E-state index contributed by atoms with van der Waals surface area (Å²) >= 11 is 0. The molecule has 2 aromatic carbocycles. The molecular formula is C20H20N2O2. The van der Waals surface area contributed by atoms with Gasteiger partial charge in [-0.15, -0.1) is 6.42 Å². The number of aryl methyl sites for hydroxylation is 2. The molecule has 2 aromatic rings. The van der Waals surface area contributed by atoms with E-state index in [4.69, 9.17) is 11.2 Å². The standard InChI is InChI=1S/C20H20N2O2/c1-3-12-22-13-6-8-16-10-11-17(14-19(16)22)24-20(23)21-18-9-5-4-7-15(18)2/h1,4-5,7,9-11,14H,6,8,12-13H2,2H3,(H,21,23). The quantitative estimate of drug-likeness (QED) is 0.869. The number of para-hydroxylation sites is 1. The Morgan fingerprint density at radius 3 is 2.96 bits per heavy atom. The Morgan fingerprint density at radius 1 is 1.33 bits per heavy atom. The van der Waals surface area contributed by atoms with Crippen LogP contribution in [-0.2, 0) is 6.42 Å². The summed E-state index contributed by atoms with van der Waals surface area (Å²) in [6.45, 7) is 3.42. The number of carbonyl (C=O) groups excluding carboxylic acids is 1. The molecule has 1 amide bonds. The summed E-state index contributed by atoms with van der Waals surface area (Å²) in [6.07, 6.45) is 7.06. The van der Waals surface area contributed by atoms with E-state index in [9.17, 15) is 4.79 Å². The molecule has 4 nitrogen and oxygen atoms in total. The smallest absolute Gasteiger partial charge is 0.410 e. The Bertz CT molecular complexity index is 792. The third kappa shape index (κ3) is 3.52. The van der Waals surface area contributed by atoms with E-state index in [1.54, 1.807) is 0 Å². The second-order valence-electron chi connectivity index (χ2n) is 5.85. The maximum atomic E-state index is 12.1. The number of terminal acetylenes is 1. The molecule has 1 heterocycles. The third-order valence-electron chi connectivity index (χ3n) is 4.15. The molecule has 0 aromatic heterocycles. The van der Waals surface area contributed by atoms with Gasteiger partial charge in [-0.25, -0.2) is 4.79 Å². The third-order valence-corrected chi connectivity index (χ3v) is 4.15. The molecule has 0 unspecified atom stereocenters. The molecule has 0 radical (unpaired) electrons. The second-order valence-corrected chi connectivity index (χ2v) is 5.85. The van der Waals surface area contributed by atoms with Gasteiger partial charge in [0, 0.05) is 24.0 Å². The lowest BCUT2D eigenvalue weighted by Crippen LogP contribution is -2.29. The number of benzene rings is 2. The van der Waals surface area contributed by atoms with Crippen molar-refractivity contribution in [3.05, 3.63) is 53.6 Å². The molecule has 0 spiro atoms. The van der Waals surface area contributed by atoms with E-state index in [1.807, 2.05) is 49.4 Å². The van der Waals surface area contributed by atoms with Crippen molar-refractivity contribution in [2.45, 2.75) is 19.8 Å². The van der Waals surface area contributed by atoms with Crippen LogP contribution in [0.5, 0.6) is 5.75 Å². The van der Waals surface area contributed by atoms with Crippen molar-refractivity contribution in [2.75, 3.05) is 23.3 Å². The summed E-state index contributed by atoms with van der Waals surface area (Å²) in [4.78, 5) is 14.3. The highest BCUT2D eigenvalue weighted by Crippen LogP contribution is 2.31. The van der Waals surface area contributed by atoms with Crippen LogP contribution in [-0.4, -0.2) is 19.2 Å². The first kappa shape index (κ1) is 15.9. The van der Waals surface area contributed by atoms with Gasteiger partial charge in [-0.3, -0.25) is 5.32 Å². The molecule has 3 rings (SSSR count). The molecule has 122 valence electrons. The van der Waals surface area contributed by atoms with E-state index in [-0.39, 0.29) is 0 Å². The van der Waals surface area contributed by atoms with Crippen LogP contribution < -0.4 is 15.0 Å². The van der Waals surface area contributed by atoms with Crippen LogP contribution >= 0.6 is 0 Å². The fraction of sp³-hybridized carbons (Fsp3) is 0.250. The predicted molar refractivity (Wildman–Crippen MR) is 96.6 cm³/mol. The summed E-state index contributed by atoms with van der Waals surface area (Å²) in [5.74, 6) is 3.20. The van der Waals surface area contributed by atoms with Crippen LogP contribution in [0.3, 0.4) is 0 Å². The average Bonchev–Trinajstić information content (AvgIpc) is 2.58. The minimum atomic E-state index is -0.497. The van der Waals surface area contributed by atoms with Crippen molar-refractivity contribution >= 4 is 17.5 Å². The molecule has 4 heteroatoms. The number of carbonyl (C=O) groups is 1. The zero-order valence-electron chi connectivity index (χ0n) is 13.7. The van der Waals surface area contributed by atoms with Crippen molar-refractivity contribution < 1.29 is 9.53 Å². The van der Waals surface area contributed by atoms with Gasteiger partial charge in [-0.1, -0.05) is 30.2 Å². The molecule has 0 bridgehead atoms. The molecule has 1 N–H and O–H groups in total. The van der Waals surface area contributed by atoms with Crippen molar-refractivity contribution in [3.8, 4) is 18.1 Å². The van der Waals surface area contributed by atoms with Gasteiger partial charge in [0.15, 0.2) is 0 Å². The Hall–Kier alpha value is -2.93. The lowest BCUT2D eigenvalue weighted by Gasteiger charge is -2.29. The zero-order valence-corrected chi connectivity index (χ0v) is 13.7. The van der Waals surface area contributed by atoms with Crippen molar-refractivity contribution in [2.24, 2.45) is 0 Å². The first-order valence-electron chi connectivity index (χ1n) is 8.03. The number of nitrogens with zero attached hydrogens (tertiary/aromatic N) is 1. The van der Waals surface area contributed by atoms with Crippen LogP contribution in [0, 0.1) is 19.3 Å². The van der Waals surface area contributed by atoms with E-state index in [2.05, 4.69) is 16.1 Å². The number of nitrogens with one attached hydrogen (secondary N) is 1. The first-order valence-corrected chi connectivity index (χ1v) is 8.03. The minimum Gasteiger partial charge on any atom is -0.410 e. The monoisotopic (exact) mass is 320 g/mol. The SMILES string of the molecule is C#CCN1CCCc2ccc(OC(=O)Nc3ccccc3C)cc21. The Morgan fingerprint density at radius 2 is 2.17 bits per heavy atom. The Kier molecular flexibility index (Phi) is 4.72. The zero-order chi connectivity index (χ0) is 16.9. The lowest BCUT2D eigenvalue weighted by atomic mass is 10.0. The highest BCUT2D eigenvalue weighted by Gasteiger charge is 2.17. The average molecular weight is 320 g/mol. The fourth-order valence-corrected chi connectivity index (χ4v) is 2.92. The van der Waals surface area contributed by atoms with Gasteiger partial charge in [0.1, 0.15) is 5.75 Å². The molecule has 1 aliphatic rings. The van der Waals surface area contributed by atoms with Crippen molar-refractivity contribution in [3.63, 3.8) is 0 Å². The van der Waals surface area contributed by atoms with Crippen LogP contribution in [0.4, 0.5) is 16.2 Å². The summed E-state index contributed by atoms with van der Waals surface area (Å²) in [7, 11) is 0. The topological polar surface area (TPSA) is 41.6 Å². The Labute approximate surface area is 142 Å². The fourth-order valence-electron chi connectivity index (χ4n) is 2.92. The number of ether oxygens (including phenoxy) is 1. The summed E-state index contributed by atoms with van der Waals surface area (Å²) in [5.41, 5.74) is 4.03. The highest BCUT2D eigenvalue weighted by molar-refractivity contribution is 5.87. The lowest BCUT2D eigenvalue weighted by molar-refractivity contribution is 0.215. The maximum Gasteiger partial charge on any atom is 0.417 e. The number of rotatable bonds is 3. The van der Waals surface area contributed by atoms with E-state index >= 15 is 0 Å². The summed E-state index contributed by atoms with van der Waals surface area (Å²) in [6, 6.07) is 13.3. The minimum absolute atomic E-state index is 0.497. The molecule has 0 fully saturated rings. The van der Waals surface area contributed by atoms with Gasteiger partial charge in [-0.05, 0) is 43.0 Å². The predicted octanol–water partition coefficient (Wildman–Crippen LogP) is 3.99.